The number of rotatable bonds is 9. The van der Waals surface area contributed by atoms with Gasteiger partial charge in [0.15, 0.2) is 0 Å². The summed E-state index contributed by atoms with van der Waals surface area (Å²) < 4.78 is 5.04. The van der Waals surface area contributed by atoms with Crippen molar-refractivity contribution in [2.45, 2.75) is 106 Å². The van der Waals surface area contributed by atoms with Crippen molar-refractivity contribution in [1.29, 1.82) is 0 Å². The van der Waals surface area contributed by atoms with Crippen molar-refractivity contribution in [1.82, 2.24) is 0 Å². The minimum absolute atomic E-state index is 0.423. The molecule has 0 saturated heterocycles. The van der Waals surface area contributed by atoms with Crippen LogP contribution in [-0.4, -0.2) is 24.9 Å². The Labute approximate surface area is 147 Å². The first kappa shape index (κ1) is 22.3. The fourth-order valence-electron chi connectivity index (χ4n) is 2.72. The molecule has 0 aromatic carbocycles. The van der Waals surface area contributed by atoms with Crippen LogP contribution in [0.25, 0.3) is 0 Å². The summed E-state index contributed by atoms with van der Waals surface area (Å²) in [6.45, 7) is 11.5. The van der Waals surface area contributed by atoms with Gasteiger partial charge < -0.3 is 5.11 Å². The quantitative estimate of drug-likeness (QED) is 0.386. The Morgan fingerprint density at radius 1 is 0.955 bits per heavy atom. The number of aliphatic hydroxyl groups excluding tert-OH is 1. The van der Waals surface area contributed by atoms with Crippen molar-refractivity contribution in [2.24, 2.45) is 5.41 Å². The number of allylic oxidation sites excluding steroid dienone is 2. The summed E-state index contributed by atoms with van der Waals surface area (Å²) in [4.78, 5) is 0. The molecule has 0 fully saturated rings. The van der Waals surface area contributed by atoms with E-state index in [2.05, 4.69) is 34.6 Å². The third-order valence-electron chi connectivity index (χ3n) is 4.60. The van der Waals surface area contributed by atoms with E-state index in [1.807, 2.05) is 6.08 Å². The van der Waals surface area contributed by atoms with Crippen LogP contribution in [0.5, 0.6) is 0 Å². The molecule has 0 saturated carbocycles. The molecule has 131 valence electrons. The van der Waals surface area contributed by atoms with E-state index in [0.717, 1.165) is 19.3 Å². The van der Waals surface area contributed by atoms with Gasteiger partial charge in [0.05, 0.1) is 5.76 Å². The van der Waals surface area contributed by atoms with Crippen molar-refractivity contribution in [2.75, 3.05) is 0 Å². The topological polar surface area (TPSA) is 20.2 Å². The van der Waals surface area contributed by atoms with E-state index >= 15 is 0 Å². The molecule has 2 heteroatoms. The molecule has 0 unspecified atom stereocenters. The zero-order valence-electron chi connectivity index (χ0n) is 16.0. The van der Waals surface area contributed by atoms with Crippen LogP contribution in [0.3, 0.4) is 0 Å². The average molecular weight is 416 g/mol. The third kappa shape index (κ3) is 12.8. The molecule has 22 heavy (non-hydrogen) atoms. The van der Waals surface area contributed by atoms with Gasteiger partial charge in [-0.3, -0.25) is 0 Å². The Bertz CT molecular complexity index is 264. The van der Waals surface area contributed by atoms with Crippen LogP contribution in [0.15, 0.2) is 11.8 Å². The Morgan fingerprint density at radius 2 is 1.41 bits per heavy atom. The van der Waals surface area contributed by atoms with Gasteiger partial charge in [-0.05, 0) is 24.3 Å². The summed E-state index contributed by atoms with van der Waals surface area (Å²) in [5.41, 5.74) is 0.423. The first-order chi connectivity index (χ1) is 10.4. The third-order valence-corrected chi connectivity index (χ3v) is 13.7. The van der Waals surface area contributed by atoms with Gasteiger partial charge in [-0.15, -0.1) is 0 Å². The molecule has 1 rings (SSSR count). The van der Waals surface area contributed by atoms with Crippen molar-refractivity contribution < 1.29 is 5.11 Å². The van der Waals surface area contributed by atoms with Crippen LogP contribution in [0.1, 0.15) is 92.4 Å². The normalized spacial score (nSPS) is 16.9. The molecule has 0 bridgehead atoms. The second-order valence-corrected chi connectivity index (χ2v) is 16.2. The van der Waals surface area contributed by atoms with Gasteiger partial charge in [0.25, 0.3) is 0 Å². The van der Waals surface area contributed by atoms with Crippen LogP contribution in [0.4, 0.5) is 0 Å². The molecule has 0 aliphatic heterocycles. The van der Waals surface area contributed by atoms with Crippen LogP contribution in [0.2, 0.25) is 13.3 Å². The molecular weight excluding hydrogens is 375 g/mol. The van der Waals surface area contributed by atoms with Gasteiger partial charge in [-0.1, -0.05) is 13.8 Å². The standard InChI is InChI=1S/C8H14O.3C4H9.Sn/c1-8(2)5-3-7(9)4-6-8;3*1-3-4-2;/h3,9H,4-6H2,1-2H3;3*1,3-4H2,2H3;. The molecule has 1 aliphatic carbocycles. The molecule has 1 aliphatic rings. The van der Waals surface area contributed by atoms with E-state index in [9.17, 15) is 0 Å². The summed E-state index contributed by atoms with van der Waals surface area (Å²) in [5, 5.41) is 9.00. The summed E-state index contributed by atoms with van der Waals surface area (Å²) in [6, 6.07) is 0. The molecule has 0 aromatic heterocycles. The van der Waals surface area contributed by atoms with Crippen molar-refractivity contribution in [3.8, 4) is 0 Å². The van der Waals surface area contributed by atoms with E-state index in [1.54, 1.807) is 13.3 Å². The fourth-order valence-corrected chi connectivity index (χ4v) is 12.2. The van der Waals surface area contributed by atoms with Gasteiger partial charge in [0.2, 0.25) is 0 Å². The number of unbranched alkanes of at least 4 members (excludes halogenated alkanes) is 3. The number of aliphatic hydroxyl groups is 1. The number of hydrogen-bond donors (Lipinski definition) is 1. The predicted octanol–water partition coefficient (Wildman–Crippen LogP) is 7.52. The molecule has 0 amide bonds. The first-order valence-electron chi connectivity index (χ1n) is 9.66. The summed E-state index contributed by atoms with van der Waals surface area (Å²) in [6.07, 6.45) is 13.8. The Balaban J connectivity index is 0.000000425. The van der Waals surface area contributed by atoms with E-state index < -0.39 is 19.8 Å². The molecule has 0 atom stereocenters. The van der Waals surface area contributed by atoms with E-state index in [1.165, 1.54) is 38.5 Å². The molecule has 1 nitrogen and oxygen atoms in total. The maximum absolute atomic E-state index is 9.00. The summed E-state index contributed by atoms with van der Waals surface area (Å²) >= 11 is -0.839. The predicted molar refractivity (Wildman–Crippen MR) is 103 cm³/mol. The van der Waals surface area contributed by atoms with Crippen LogP contribution < -0.4 is 0 Å². The molecule has 1 radical (unpaired) electrons. The Hall–Kier alpha value is 0.339. The van der Waals surface area contributed by atoms with Gasteiger partial charge in [0, 0.05) is 6.42 Å². The monoisotopic (exact) mass is 417 g/mol. The second kappa shape index (κ2) is 13.7. The summed E-state index contributed by atoms with van der Waals surface area (Å²) in [5.74, 6) is 0.578. The van der Waals surface area contributed by atoms with Crippen LogP contribution >= 0.6 is 0 Å². The van der Waals surface area contributed by atoms with Crippen molar-refractivity contribution >= 4 is 19.8 Å². The molecular formula is C20H41OSn. The summed E-state index contributed by atoms with van der Waals surface area (Å²) in [7, 11) is 0. The minimum atomic E-state index is -0.839. The maximum atomic E-state index is 9.00. The molecule has 0 spiro atoms. The Kier molecular flexibility index (Phi) is 14.0. The average Bonchev–Trinajstić information content (AvgIpc) is 2.50. The zero-order valence-corrected chi connectivity index (χ0v) is 18.9. The molecule has 0 heterocycles. The first-order valence-corrected chi connectivity index (χ1v) is 15.7. The Morgan fingerprint density at radius 3 is 1.68 bits per heavy atom. The van der Waals surface area contributed by atoms with E-state index in [0.29, 0.717) is 11.2 Å². The fraction of sp³-hybridized carbons (Fsp3) is 0.900. The van der Waals surface area contributed by atoms with E-state index in [-0.39, 0.29) is 0 Å². The van der Waals surface area contributed by atoms with Crippen LogP contribution in [-0.2, 0) is 0 Å². The second-order valence-electron chi connectivity index (χ2n) is 7.62. The SMILES string of the molecule is CC1(C)CC=C(O)CC1.CCC[CH2][Sn]([CH2]CCC)[CH2]CCC. The number of hydrogen-bond acceptors (Lipinski definition) is 1. The van der Waals surface area contributed by atoms with Gasteiger partial charge in [-0.25, -0.2) is 0 Å². The van der Waals surface area contributed by atoms with Crippen molar-refractivity contribution in [3.05, 3.63) is 11.8 Å². The van der Waals surface area contributed by atoms with Crippen LogP contribution in [0, 0.1) is 5.41 Å². The van der Waals surface area contributed by atoms with Gasteiger partial charge in [-0.2, -0.15) is 0 Å². The van der Waals surface area contributed by atoms with Gasteiger partial charge >= 0.3 is 92.4 Å². The van der Waals surface area contributed by atoms with E-state index in [4.69, 9.17) is 5.11 Å². The van der Waals surface area contributed by atoms with Gasteiger partial charge in [0.1, 0.15) is 0 Å². The molecule has 1 N–H and O–H groups in total. The van der Waals surface area contributed by atoms with Crippen molar-refractivity contribution in [3.63, 3.8) is 0 Å². The molecule has 0 aromatic rings. The zero-order chi connectivity index (χ0) is 16.8.